The highest BCUT2D eigenvalue weighted by molar-refractivity contribution is 5.89. The van der Waals surface area contributed by atoms with E-state index in [9.17, 15) is 0 Å². The van der Waals surface area contributed by atoms with Gasteiger partial charge in [0.25, 0.3) is 0 Å². The topological polar surface area (TPSA) is 49.4 Å². The van der Waals surface area contributed by atoms with E-state index in [1.165, 1.54) is 46.7 Å². The van der Waals surface area contributed by atoms with Gasteiger partial charge >= 0.3 is 0 Å². The van der Waals surface area contributed by atoms with Gasteiger partial charge in [0.1, 0.15) is 10.9 Å². The summed E-state index contributed by atoms with van der Waals surface area (Å²) in [7, 11) is 0. The number of para-hydroxylation sites is 1. The van der Waals surface area contributed by atoms with Crippen LogP contribution in [0.4, 0.5) is 5.69 Å². The van der Waals surface area contributed by atoms with Gasteiger partial charge in [-0.25, -0.2) is 4.99 Å². The lowest BCUT2D eigenvalue weighted by molar-refractivity contribution is 0.573. The summed E-state index contributed by atoms with van der Waals surface area (Å²) < 4.78 is 6.07. The Bertz CT molecular complexity index is 1940. The smallest absolute Gasteiger partial charge is 0.153 e. The second-order valence-corrected chi connectivity index (χ2v) is 11.0. The third-order valence-corrected chi connectivity index (χ3v) is 7.28. The average molecular weight is 609 g/mol. The number of rotatable bonds is 2. The summed E-state index contributed by atoms with van der Waals surface area (Å²) in [5, 5.41) is 9.96. The second-order valence-electron chi connectivity index (χ2n) is 11.0. The molecule has 0 radical (unpaired) electrons. The summed E-state index contributed by atoms with van der Waals surface area (Å²) in [6.45, 7) is 16.6. The minimum Gasteiger partial charge on any atom is -0.454 e. The summed E-state index contributed by atoms with van der Waals surface area (Å²) >= 11 is 0. The zero-order valence-corrected chi connectivity index (χ0v) is 28.1. The van der Waals surface area contributed by atoms with E-state index >= 15 is 0 Å². The van der Waals surface area contributed by atoms with Crippen LogP contribution < -0.4 is 10.8 Å². The zero-order chi connectivity index (χ0) is 33.3. The molecule has 3 nitrogen and oxygen atoms in total. The number of furan rings is 1. The Morgan fingerprint density at radius 1 is 0.783 bits per heavy atom. The SMILES string of the molecule is C/C1=C\C=c2\oc3ccccc3c2=Nc2c(C)cc(-c3ccc4ccccc4c3)cc21.C1=CCCC=C1.C=CCC.C=N.CCC. The van der Waals surface area contributed by atoms with Crippen molar-refractivity contribution in [3.05, 3.63) is 144 Å². The van der Waals surface area contributed by atoms with Crippen molar-refractivity contribution in [2.75, 3.05) is 0 Å². The van der Waals surface area contributed by atoms with Crippen molar-refractivity contribution in [3.8, 4) is 11.1 Å². The average Bonchev–Trinajstić information content (AvgIpc) is 3.46. The molecule has 7 rings (SSSR count). The Balaban J connectivity index is 0.000000323. The quantitative estimate of drug-likeness (QED) is 0.157. The molecule has 1 aliphatic carbocycles. The molecule has 5 aromatic rings. The maximum Gasteiger partial charge on any atom is 0.153 e. The fourth-order valence-corrected chi connectivity index (χ4v) is 4.99. The van der Waals surface area contributed by atoms with Gasteiger partial charge in [-0.05, 0) is 109 Å². The largest absolute Gasteiger partial charge is 0.454 e. The lowest BCUT2D eigenvalue weighted by Crippen LogP contribution is -2.20. The molecule has 236 valence electrons. The number of nitrogens with one attached hydrogen (secondary N) is 1. The van der Waals surface area contributed by atoms with Crippen molar-refractivity contribution >= 4 is 45.8 Å². The van der Waals surface area contributed by atoms with E-state index in [1.807, 2.05) is 30.4 Å². The van der Waals surface area contributed by atoms with Crippen molar-refractivity contribution < 1.29 is 4.42 Å². The van der Waals surface area contributed by atoms with E-state index in [2.05, 4.69) is 139 Å². The normalized spacial score (nSPS) is 14.0. The molecule has 0 bridgehead atoms. The molecule has 0 fully saturated rings. The standard InChI is InChI=1S/C29H21NO.C6H8.C4H8.C3H8.CH3N/c1-18-11-14-27-29(24-9-5-6-10-26(24)31-27)30-28-19(2)15-23(17-25(18)28)22-13-12-20-7-3-4-8-21(20)16-22;1-2-4-6-5-3-1;1-3-4-2;1-3-2;1-2/h3-17H,1-2H3;1-4H,5-6H2;3H,1,4H2,2H3;3H2,1-2H3;2H,1H2/b14-11?,18-11+,25-18?,27-14+,30-28?,30-29?;;;;. The van der Waals surface area contributed by atoms with Crippen LogP contribution in [0, 0.1) is 12.3 Å². The van der Waals surface area contributed by atoms with E-state index in [1.54, 1.807) is 0 Å². The monoisotopic (exact) mass is 608 g/mol. The van der Waals surface area contributed by atoms with E-state index in [0.717, 1.165) is 45.0 Å². The van der Waals surface area contributed by atoms with Gasteiger partial charge < -0.3 is 9.83 Å². The maximum absolute atomic E-state index is 6.07. The molecular formula is C43H48N2O. The van der Waals surface area contributed by atoms with Crippen LogP contribution in [0.25, 0.3) is 44.5 Å². The first-order valence-corrected chi connectivity index (χ1v) is 16.2. The number of hydrogen-bond donors (Lipinski definition) is 1. The van der Waals surface area contributed by atoms with Gasteiger partial charge in [-0.15, -0.1) is 6.58 Å². The van der Waals surface area contributed by atoms with Crippen molar-refractivity contribution in [2.45, 2.75) is 60.3 Å². The molecule has 4 aromatic carbocycles. The highest BCUT2D eigenvalue weighted by Gasteiger charge is 2.14. The fourth-order valence-electron chi connectivity index (χ4n) is 4.99. The molecule has 0 saturated carbocycles. The Morgan fingerprint density at radius 3 is 2.04 bits per heavy atom. The van der Waals surface area contributed by atoms with Crippen LogP contribution >= 0.6 is 0 Å². The lowest BCUT2D eigenvalue weighted by Gasteiger charge is -2.14. The predicted molar refractivity (Wildman–Crippen MR) is 203 cm³/mol. The minimum absolute atomic E-state index is 0.809. The first kappa shape index (κ1) is 35.5. The van der Waals surface area contributed by atoms with Gasteiger partial charge in [-0.2, -0.15) is 0 Å². The van der Waals surface area contributed by atoms with Crippen molar-refractivity contribution in [1.82, 2.24) is 0 Å². The van der Waals surface area contributed by atoms with Crippen LogP contribution in [0.15, 0.2) is 131 Å². The molecule has 2 heterocycles. The fraction of sp³-hybridized carbons (Fsp3) is 0.209. The number of benzene rings is 4. The van der Waals surface area contributed by atoms with Crippen LogP contribution in [0.5, 0.6) is 0 Å². The summed E-state index contributed by atoms with van der Waals surface area (Å²) in [6, 6.07) is 27.8. The van der Waals surface area contributed by atoms with Crippen molar-refractivity contribution in [2.24, 2.45) is 4.99 Å². The van der Waals surface area contributed by atoms with Crippen molar-refractivity contribution in [1.29, 1.82) is 5.41 Å². The summed E-state index contributed by atoms with van der Waals surface area (Å²) in [4.78, 5) is 5.12. The van der Waals surface area contributed by atoms with E-state index < -0.39 is 0 Å². The number of hydrogen-bond acceptors (Lipinski definition) is 3. The molecule has 3 heteroatoms. The first-order chi connectivity index (χ1) is 22.5. The van der Waals surface area contributed by atoms with E-state index in [0.29, 0.717) is 0 Å². The highest BCUT2D eigenvalue weighted by Crippen LogP contribution is 2.36. The van der Waals surface area contributed by atoms with Gasteiger partial charge in [-0.3, -0.25) is 0 Å². The first-order valence-electron chi connectivity index (χ1n) is 16.2. The van der Waals surface area contributed by atoms with Gasteiger partial charge in [0.05, 0.1) is 5.69 Å². The summed E-state index contributed by atoms with van der Waals surface area (Å²) in [5.41, 5.74) is 8.62. The van der Waals surface area contributed by atoms with Crippen molar-refractivity contribution in [3.63, 3.8) is 0 Å². The molecule has 0 unspecified atom stereocenters. The van der Waals surface area contributed by atoms with E-state index in [4.69, 9.17) is 14.8 Å². The van der Waals surface area contributed by atoms with Crippen LogP contribution in [0.3, 0.4) is 0 Å². The molecule has 1 aliphatic heterocycles. The molecule has 0 saturated heterocycles. The molecule has 1 aromatic heterocycles. The molecular weight excluding hydrogens is 560 g/mol. The van der Waals surface area contributed by atoms with E-state index in [-0.39, 0.29) is 0 Å². The molecule has 0 spiro atoms. The predicted octanol–water partition coefficient (Wildman–Crippen LogP) is 11.9. The Kier molecular flexibility index (Phi) is 14.4. The number of aryl methyl sites for hydroxylation is 1. The molecule has 0 atom stereocenters. The Morgan fingerprint density at radius 2 is 1.41 bits per heavy atom. The maximum atomic E-state index is 6.07. The number of nitrogens with zero attached hydrogens (tertiary/aromatic N) is 1. The van der Waals surface area contributed by atoms with Gasteiger partial charge in [0.15, 0.2) is 5.42 Å². The number of fused-ring (bicyclic) bond motifs is 5. The summed E-state index contributed by atoms with van der Waals surface area (Å²) in [5.74, 6) is 0. The van der Waals surface area contributed by atoms with Gasteiger partial charge in [-0.1, -0.05) is 112 Å². The van der Waals surface area contributed by atoms with Gasteiger partial charge in [0, 0.05) is 10.9 Å². The number of allylic oxidation sites excluding steroid dienone is 7. The van der Waals surface area contributed by atoms with Crippen LogP contribution in [-0.4, -0.2) is 6.72 Å². The zero-order valence-electron chi connectivity index (χ0n) is 28.1. The third-order valence-electron chi connectivity index (χ3n) is 7.28. The second kappa shape index (κ2) is 18.7. The van der Waals surface area contributed by atoms with Gasteiger partial charge in [0.2, 0.25) is 0 Å². The van der Waals surface area contributed by atoms with Crippen LogP contribution in [0.2, 0.25) is 0 Å². The Hall–Kier alpha value is -5.02. The molecule has 1 N–H and O–H groups in total. The Labute approximate surface area is 275 Å². The highest BCUT2D eigenvalue weighted by atomic mass is 16.3. The molecule has 0 amide bonds. The lowest BCUT2D eigenvalue weighted by atomic mass is 9.93. The summed E-state index contributed by atoms with van der Waals surface area (Å²) in [6.07, 6.45) is 19.4. The van der Waals surface area contributed by atoms with Crippen LogP contribution in [-0.2, 0) is 0 Å². The molecule has 2 aliphatic rings. The minimum atomic E-state index is 0.809. The third kappa shape index (κ3) is 9.25. The molecule has 46 heavy (non-hydrogen) atoms. The van der Waals surface area contributed by atoms with Crippen LogP contribution in [0.1, 0.15) is 64.5 Å².